The van der Waals surface area contributed by atoms with Crippen molar-refractivity contribution >= 4 is 6.79 Å². The Balaban J connectivity index is -0.000000188. The lowest BCUT2D eigenvalue weighted by Gasteiger charge is -2.21. The molecule has 3 nitrogen and oxygen atoms in total. The molecule has 3 heteroatoms. The first-order valence-corrected chi connectivity index (χ1v) is 5.66. The highest BCUT2D eigenvalue weighted by Crippen LogP contribution is 2.12. The molecule has 0 atom stereocenters. The van der Waals surface area contributed by atoms with E-state index in [1.54, 1.807) is 7.11 Å². The Kier molecular flexibility index (Phi) is 14.5. The molecule has 0 saturated carbocycles. The first kappa shape index (κ1) is 20.9. The fourth-order valence-corrected chi connectivity index (χ4v) is 0.493. The van der Waals surface area contributed by atoms with Crippen LogP contribution in [0.5, 0.6) is 0 Å². The van der Waals surface area contributed by atoms with Gasteiger partial charge in [0, 0.05) is 13.7 Å². The monoisotopic (exact) mass is 234 g/mol. The van der Waals surface area contributed by atoms with E-state index in [1.165, 1.54) is 0 Å². The molecule has 0 saturated heterocycles. The van der Waals surface area contributed by atoms with E-state index in [1.807, 2.05) is 34.5 Å². The standard InChI is InChI=1S/C7H16O.C5H12O.CH2O/c1-5-7(3,4)8-6-2;1-5(2,3)6-4;1-2/h5-6H2,1-4H3;1-4H3;1H2. The van der Waals surface area contributed by atoms with Crippen molar-refractivity contribution in [1.29, 1.82) is 0 Å². The predicted molar refractivity (Wildman–Crippen MR) is 69.9 cm³/mol. The van der Waals surface area contributed by atoms with Crippen molar-refractivity contribution in [2.24, 2.45) is 0 Å². The van der Waals surface area contributed by atoms with Crippen molar-refractivity contribution in [3.63, 3.8) is 0 Å². The van der Waals surface area contributed by atoms with Crippen LogP contribution in [0.25, 0.3) is 0 Å². The molecule has 0 fully saturated rings. The van der Waals surface area contributed by atoms with Gasteiger partial charge in [0.15, 0.2) is 0 Å². The van der Waals surface area contributed by atoms with Gasteiger partial charge in [-0.1, -0.05) is 6.92 Å². The minimum atomic E-state index is 0.0417. The second-order valence-electron chi connectivity index (χ2n) is 4.86. The van der Waals surface area contributed by atoms with Gasteiger partial charge in [0.25, 0.3) is 0 Å². The third-order valence-corrected chi connectivity index (χ3v) is 2.00. The van der Waals surface area contributed by atoms with Crippen molar-refractivity contribution in [2.75, 3.05) is 13.7 Å². The summed E-state index contributed by atoms with van der Waals surface area (Å²) in [6.07, 6.45) is 1.08. The Labute approximate surface area is 102 Å². The van der Waals surface area contributed by atoms with Crippen LogP contribution in [0.15, 0.2) is 0 Å². The summed E-state index contributed by atoms with van der Waals surface area (Å²) in [6.45, 7) is 17.3. The number of methoxy groups -OCH3 is 1. The number of carbonyl (C=O) groups excluding carboxylic acids is 1. The molecule has 0 unspecified atom stereocenters. The molecule has 0 rings (SSSR count). The summed E-state index contributed by atoms with van der Waals surface area (Å²) in [4.78, 5) is 8.00. The van der Waals surface area contributed by atoms with Crippen LogP contribution in [0.2, 0.25) is 0 Å². The number of hydrogen-bond donors (Lipinski definition) is 0. The SMILES string of the molecule is C=O.CCOC(C)(C)CC.COC(C)(C)C. The van der Waals surface area contributed by atoms with Crippen LogP contribution in [0.4, 0.5) is 0 Å². The van der Waals surface area contributed by atoms with Gasteiger partial charge in [0.05, 0.1) is 11.2 Å². The highest BCUT2D eigenvalue weighted by atomic mass is 16.5. The van der Waals surface area contributed by atoms with Gasteiger partial charge in [-0.25, -0.2) is 0 Å². The van der Waals surface area contributed by atoms with E-state index < -0.39 is 0 Å². The lowest BCUT2D eigenvalue weighted by atomic mass is 10.1. The molecule has 0 spiro atoms. The molecule has 0 radical (unpaired) electrons. The van der Waals surface area contributed by atoms with E-state index >= 15 is 0 Å². The van der Waals surface area contributed by atoms with Crippen molar-refractivity contribution in [3.05, 3.63) is 0 Å². The van der Waals surface area contributed by atoms with E-state index in [4.69, 9.17) is 14.3 Å². The fourth-order valence-electron chi connectivity index (χ4n) is 0.493. The number of hydrogen-bond acceptors (Lipinski definition) is 3. The number of rotatable bonds is 3. The van der Waals surface area contributed by atoms with E-state index in [0.717, 1.165) is 13.0 Å². The second kappa shape index (κ2) is 11.1. The molecule has 0 aliphatic rings. The highest BCUT2D eigenvalue weighted by molar-refractivity contribution is 5.10. The zero-order valence-electron chi connectivity index (χ0n) is 12.3. The maximum Gasteiger partial charge on any atom is 0.106 e. The van der Waals surface area contributed by atoms with Crippen LogP contribution in [-0.4, -0.2) is 31.7 Å². The van der Waals surface area contributed by atoms with E-state index in [-0.39, 0.29) is 11.2 Å². The smallest absolute Gasteiger partial charge is 0.106 e. The molecule has 0 aliphatic carbocycles. The van der Waals surface area contributed by atoms with Gasteiger partial charge in [0.1, 0.15) is 6.79 Å². The highest BCUT2D eigenvalue weighted by Gasteiger charge is 2.12. The fraction of sp³-hybridized carbons (Fsp3) is 0.923. The number of ether oxygens (including phenoxy) is 2. The van der Waals surface area contributed by atoms with E-state index in [2.05, 4.69) is 20.8 Å². The summed E-state index contributed by atoms with van der Waals surface area (Å²) >= 11 is 0. The van der Waals surface area contributed by atoms with Crippen molar-refractivity contribution in [3.8, 4) is 0 Å². The molecular formula is C13H30O3. The van der Waals surface area contributed by atoms with Gasteiger partial charge in [-0.05, 0) is 48.0 Å². The topological polar surface area (TPSA) is 35.5 Å². The molecular weight excluding hydrogens is 204 g/mol. The zero-order valence-corrected chi connectivity index (χ0v) is 12.3. The Morgan fingerprint density at radius 1 is 1.00 bits per heavy atom. The first-order chi connectivity index (χ1) is 7.18. The largest absolute Gasteiger partial charge is 0.379 e. The molecule has 0 aromatic heterocycles. The molecule has 0 aliphatic heterocycles. The maximum atomic E-state index is 8.00. The lowest BCUT2D eigenvalue weighted by Crippen LogP contribution is -2.22. The first-order valence-electron chi connectivity index (χ1n) is 5.66. The molecule has 16 heavy (non-hydrogen) atoms. The Bertz CT molecular complexity index is 137. The molecule has 0 aromatic carbocycles. The van der Waals surface area contributed by atoms with Crippen molar-refractivity contribution < 1.29 is 14.3 Å². The lowest BCUT2D eigenvalue weighted by molar-refractivity contribution is -0.0980. The second-order valence-corrected chi connectivity index (χ2v) is 4.86. The van der Waals surface area contributed by atoms with Crippen LogP contribution in [0.1, 0.15) is 54.9 Å². The summed E-state index contributed by atoms with van der Waals surface area (Å²) in [5.74, 6) is 0. The van der Waals surface area contributed by atoms with Gasteiger partial charge in [0.2, 0.25) is 0 Å². The summed E-state index contributed by atoms with van der Waals surface area (Å²) in [7, 11) is 1.71. The summed E-state index contributed by atoms with van der Waals surface area (Å²) in [5, 5.41) is 0. The van der Waals surface area contributed by atoms with Crippen LogP contribution in [-0.2, 0) is 14.3 Å². The maximum absolute atomic E-state index is 8.00. The third-order valence-electron chi connectivity index (χ3n) is 2.00. The van der Waals surface area contributed by atoms with Gasteiger partial charge < -0.3 is 14.3 Å². The molecule has 0 N–H and O–H groups in total. The Morgan fingerprint density at radius 2 is 1.31 bits per heavy atom. The Morgan fingerprint density at radius 3 is 1.38 bits per heavy atom. The average Bonchev–Trinajstić information content (AvgIpc) is 2.21. The quantitative estimate of drug-likeness (QED) is 0.750. The van der Waals surface area contributed by atoms with Crippen molar-refractivity contribution in [1.82, 2.24) is 0 Å². The molecule has 0 amide bonds. The van der Waals surface area contributed by atoms with Crippen LogP contribution in [0, 0.1) is 0 Å². The normalized spacial score (nSPS) is 10.8. The zero-order chi connectivity index (χ0) is 13.8. The van der Waals surface area contributed by atoms with Crippen LogP contribution < -0.4 is 0 Å². The van der Waals surface area contributed by atoms with Gasteiger partial charge in [-0.3, -0.25) is 0 Å². The Hall–Kier alpha value is -0.410. The summed E-state index contributed by atoms with van der Waals surface area (Å²) in [5.41, 5.74) is 0.134. The van der Waals surface area contributed by atoms with E-state index in [0.29, 0.717) is 0 Å². The number of carbonyl (C=O) groups is 1. The predicted octanol–water partition coefficient (Wildman–Crippen LogP) is 3.46. The summed E-state index contributed by atoms with van der Waals surface area (Å²) in [6, 6.07) is 0. The van der Waals surface area contributed by atoms with Crippen molar-refractivity contribution in [2.45, 2.75) is 66.1 Å². The molecule has 0 heterocycles. The van der Waals surface area contributed by atoms with Crippen LogP contribution >= 0.6 is 0 Å². The van der Waals surface area contributed by atoms with Gasteiger partial charge in [-0.2, -0.15) is 0 Å². The molecule has 0 bridgehead atoms. The van der Waals surface area contributed by atoms with E-state index in [9.17, 15) is 0 Å². The van der Waals surface area contributed by atoms with Gasteiger partial charge in [-0.15, -0.1) is 0 Å². The third kappa shape index (κ3) is 23.4. The molecule has 100 valence electrons. The molecule has 0 aromatic rings. The average molecular weight is 234 g/mol. The summed E-state index contributed by atoms with van der Waals surface area (Å²) < 4.78 is 10.3. The minimum absolute atomic E-state index is 0.0417. The van der Waals surface area contributed by atoms with Crippen LogP contribution in [0.3, 0.4) is 0 Å². The minimum Gasteiger partial charge on any atom is -0.379 e. The van der Waals surface area contributed by atoms with Gasteiger partial charge >= 0.3 is 0 Å².